The lowest BCUT2D eigenvalue weighted by Crippen LogP contribution is -2.27. The van der Waals surface area contributed by atoms with Crippen LogP contribution in [-0.2, 0) is 6.42 Å². The van der Waals surface area contributed by atoms with Gasteiger partial charge < -0.3 is 10.4 Å². The second-order valence-corrected chi connectivity index (χ2v) is 4.63. The summed E-state index contributed by atoms with van der Waals surface area (Å²) >= 11 is 5.97. The minimum atomic E-state index is -0.298. The molecule has 1 aliphatic rings. The van der Waals surface area contributed by atoms with Crippen LogP contribution >= 0.6 is 11.6 Å². The van der Waals surface area contributed by atoms with Crippen LogP contribution in [0.1, 0.15) is 30.5 Å². The van der Waals surface area contributed by atoms with E-state index in [2.05, 4.69) is 11.4 Å². The number of nitrogens with one attached hydrogen (secondary N) is 1. The molecule has 15 heavy (non-hydrogen) atoms. The zero-order chi connectivity index (χ0) is 10.8. The zero-order valence-corrected chi connectivity index (χ0v) is 9.59. The van der Waals surface area contributed by atoms with Gasteiger partial charge in [0.05, 0.1) is 6.10 Å². The van der Waals surface area contributed by atoms with Gasteiger partial charge in [-0.3, -0.25) is 0 Å². The Balaban J connectivity index is 2.10. The molecule has 2 nitrogen and oxygen atoms in total. The Morgan fingerprint density at radius 1 is 1.60 bits per heavy atom. The number of halogens is 1. The molecule has 3 heteroatoms. The molecule has 82 valence electrons. The zero-order valence-electron chi connectivity index (χ0n) is 8.83. The molecule has 1 aliphatic carbocycles. The predicted molar refractivity (Wildman–Crippen MR) is 62.2 cm³/mol. The summed E-state index contributed by atoms with van der Waals surface area (Å²) < 4.78 is 0. The Labute approximate surface area is 95.3 Å². The van der Waals surface area contributed by atoms with Crippen molar-refractivity contribution in [1.82, 2.24) is 5.32 Å². The first kappa shape index (κ1) is 10.9. The van der Waals surface area contributed by atoms with Crippen molar-refractivity contribution in [3.63, 3.8) is 0 Å². The average molecular weight is 226 g/mol. The number of aryl methyl sites for hydroxylation is 1. The quantitative estimate of drug-likeness (QED) is 0.828. The molecule has 1 aromatic rings. The van der Waals surface area contributed by atoms with Gasteiger partial charge in [0.25, 0.3) is 0 Å². The predicted octanol–water partition coefficient (Wildman–Crippen LogP) is 2.30. The van der Waals surface area contributed by atoms with Gasteiger partial charge >= 0.3 is 0 Å². The molecule has 2 N–H and O–H groups in total. The van der Waals surface area contributed by atoms with E-state index in [9.17, 15) is 5.11 Å². The summed E-state index contributed by atoms with van der Waals surface area (Å²) in [4.78, 5) is 0. The van der Waals surface area contributed by atoms with Gasteiger partial charge in [0.2, 0.25) is 0 Å². The van der Waals surface area contributed by atoms with Crippen LogP contribution < -0.4 is 5.32 Å². The van der Waals surface area contributed by atoms with E-state index in [-0.39, 0.29) is 6.10 Å². The highest BCUT2D eigenvalue weighted by Crippen LogP contribution is 2.32. The summed E-state index contributed by atoms with van der Waals surface area (Å²) in [6, 6.07) is 6.43. The number of aliphatic hydroxyl groups excluding tert-OH is 1. The van der Waals surface area contributed by atoms with Crippen molar-refractivity contribution in [3.8, 4) is 0 Å². The van der Waals surface area contributed by atoms with E-state index < -0.39 is 0 Å². The number of rotatable bonds is 3. The lowest BCUT2D eigenvalue weighted by molar-refractivity contribution is 0.186. The van der Waals surface area contributed by atoms with Crippen molar-refractivity contribution in [2.45, 2.75) is 31.9 Å². The smallest absolute Gasteiger partial charge is 0.0636 e. The third-order valence-electron chi connectivity index (χ3n) is 2.85. The first-order chi connectivity index (χ1) is 7.16. The fraction of sp³-hybridized carbons (Fsp3) is 0.500. The highest BCUT2D eigenvalue weighted by molar-refractivity contribution is 6.30. The van der Waals surface area contributed by atoms with Crippen LogP contribution in [0.25, 0.3) is 0 Å². The molecular formula is C12H16ClNO. The molecule has 0 saturated carbocycles. The SMILES string of the molecule is CC(O)CNC1CCc2ccc(Cl)cc21. The lowest BCUT2D eigenvalue weighted by Gasteiger charge is -2.15. The van der Waals surface area contributed by atoms with E-state index in [1.165, 1.54) is 11.1 Å². The molecule has 0 fully saturated rings. The Hall–Kier alpha value is -0.570. The molecule has 0 spiro atoms. The summed E-state index contributed by atoms with van der Waals surface area (Å²) in [7, 11) is 0. The maximum Gasteiger partial charge on any atom is 0.0636 e. The number of fused-ring (bicyclic) bond motifs is 1. The summed E-state index contributed by atoms with van der Waals surface area (Å²) in [5.74, 6) is 0. The van der Waals surface area contributed by atoms with Gasteiger partial charge in [-0.05, 0) is 43.0 Å². The summed E-state index contributed by atoms with van der Waals surface area (Å²) in [5, 5.41) is 13.4. The van der Waals surface area contributed by atoms with Gasteiger partial charge in [-0.15, -0.1) is 0 Å². The van der Waals surface area contributed by atoms with Crippen molar-refractivity contribution >= 4 is 11.6 Å². The largest absolute Gasteiger partial charge is 0.392 e. The standard InChI is InChI=1S/C12H16ClNO/c1-8(15)7-14-12-5-3-9-2-4-10(13)6-11(9)12/h2,4,6,8,12,14-15H,3,5,7H2,1H3. The maximum absolute atomic E-state index is 9.23. The molecule has 1 aromatic carbocycles. The van der Waals surface area contributed by atoms with E-state index in [4.69, 9.17) is 11.6 Å². The monoisotopic (exact) mass is 225 g/mol. The third kappa shape index (κ3) is 2.51. The second kappa shape index (κ2) is 4.52. The van der Waals surface area contributed by atoms with Gasteiger partial charge in [-0.1, -0.05) is 17.7 Å². The number of hydrogen-bond acceptors (Lipinski definition) is 2. The molecule has 0 bridgehead atoms. The summed E-state index contributed by atoms with van der Waals surface area (Å²) in [5.41, 5.74) is 2.67. The second-order valence-electron chi connectivity index (χ2n) is 4.19. The molecule has 0 radical (unpaired) electrons. The molecule has 0 saturated heterocycles. The van der Waals surface area contributed by atoms with Crippen LogP contribution in [0.3, 0.4) is 0 Å². The van der Waals surface area contributed by atoms with Gasteiger partial charge in [0, 0.05) is 17.6 Å². The minimum absolute atomic E-state index is 0.298. The molecule has 0 aromatic heterocycles. The topological polar surface area (TPSA) is 32.3 Å². The van der Waals surface area contributed by atoms with Crippen molar-refractivity contribution in [2.24, 2.45) is 0 Å². The van der Waals surface area contributed by atoms with Gasteiger partial charge in [-0.2, -0.15) is 0 Å². The van der Waals surface area contributed by atoms with Crippen molar-refractivity contribution in [1.29, 1.82) is 0 Å². The molecule has 2 unspecified atom stereocenters. The van der Waals surface area contributed by atoms with Gasteiger partial charge in [0.15, 0.2) is 0 Å². The van der Waals surface area contributed by atoms with Crippen molar-refractivity contribution in [2.75, 3.05) is 6.54 Å². The number of aliphatic hydroxyl groups is 1. The normalized spacial score (nSPS) is 21.4. The van der Waals surface area contributed by atoms with Crippen LogP contribution in [0.4, 0.5) is 0 Å². The molecule has 2 rings (SSSR count). The van der Waals surface area contributed by atoms with E-state index in [1.54, 1.807) is 6.92 Å². The van der Waals surface area contributed by atoms with E-state index >= 15 is 0 Å². The van der Waals surface area contributed by atoms with Crippen LogP contribution in [0.2, 0.25) is 5.02 Å². The van der Waals surface area contributed by atoms with Crippen LogP contribution in [0.15, 0.2) is 18.2 Å². The maximum atomic E-state index is 9.23. The van der Waals surface area contributed by atoms with Crippen molar-refractivity contribution < 1.29 is 5.11 Å². The Bertz CT molecular complexity index is 351. The molecular weight excluding hydrogens is 210 g/mol. The highest BCUT2D eigenvalue weighted by atomic mass is 35.5. The minimum Gasteiger partial charge on any atom is -0.392 e. The fourth-order valence-electron chi connectivity index (χ4n) is 2.10. The Morgan fingerprint density at radius 3 is 3.13 bits per heavy atom. The number of benzene rings is 1. The number of hydrogen-bond donors (Lipinski definition) is 2. The molecule has 0 aliphatic heterocycles. The van der Waals surface area contributed by atoms with E-state index in [0.717, 1.165) is 17.9 Å². The lowest BCUT2D eigenvalue weighted by atomic mass is 10.1. The third-order valence-corrected chi connectivity index (χ3v) is 3.08. The highest BCUT2D eigenvalue weighted by Gasteiger charge is 2.22. The summed E-state index contributed by atoms with van der Waals surface area (Å²) in [6.45, 7) is 2.43. The van der Waals surface area contributed by atoms with Gasteiger partial charge in [0.1, 0.15) is 0 Å². The van der Waals surface area contributed by atoms with Gasteiger partial charge in [-0.25, -0.2) is 0 Å². The van der Waals surface area contributed by atoms with Crippen molar-refractivity contribution in [3.05, 3.63) is 34.3 Å². The summed E-state index contributed by atoms with van der Waals surface area (Å²) in [6.07, 6.45) is 1.90. The average Bonchev–Trinajstić information content (AvgIpc) is 2.57. The fourth-order valence-corrected chi connectivity index (χ4v) is 2.28. The molecule has 0 heterocycles. The molecule has 2 atom stereocenters. The first-order valence-electron chi connectivity index (χ1n) is 5.36. The van der Waals surface area contributed by atoms with Crippen LogP contribution in [0, 0.1) is 0 Å². The van der Waals surface area contributed by atoms with E-state index in [1.807, 2.05) is 12.1 Å². The van der Waals surface area contributed by atoms with E-state index in [0.29, 0.717) is 12.6 Å². The Morgan fingerprint density at radius 2 is 2.40 bits per heavy atom. The van der Waals surface area contributed by atoms with Crippen LogP contribution in [0.5, 0.6) is 0 Å². The first-order valence-corrected chi connectivity index (χ1v) is 5.74. The van der Waals surface area contributed by atoms with Crippen LogP contribution in [-0.4, -0.2) is 17.8 Å². The Kier molecular flexibility index (Phi) is 3.29. The molecule has 0 amide bonds.